The second-order valence-electron chi connectivity index (χ2n) is 4.58. The number of fused-ring (bicyclic) bond motifs is 1. The highest BCUT2D eigenvalue weighted by Gasteiger charge is 2.34. The van der Waals surface area contributed by atoms with Crippen LogP contribution in [-0.2, 0) is 10.0 Å². The van der Waals surface area contributed by atoms with E-state index in [-0.39, 0.29) is 0 Å². The first-order valence-corrected chi connectivity index (χ1v) is 7.21. The van der Waals surface area contributed by atoms with Crippen molar-refractivity contribution in [3.8, 4) is 0 Å². The van der Waals surface area contributed by atoms with Crippen molar-refractivity contribution >= 4 is 15.9 Å². The van der Waals surface area contributed by atoms with Crippen LogP contribution in [0.2, 0.25) is 0 Å². The van der Waals surface area contributed by atoms with Crippen molar-refractivity contribution in [3.05, 3.63) is 29.8 Å². The molecule has 0 unspecified atom stereocenters. The van der Waals surface area contributed by atoms with E-state index in [2.05, 4.69) is 4.40 Å². The molecule has 1 fully saturated rings. The fraction of sp³-hybridized carbons (Fsp3) is 0.417. The third-order valence-electron chi connectivity index (χ3n) is 3.57. The van der Waals surface area contributed by atoms with Crippen molar-refractivity contribution in [1.82, 2.24) is 4.90 Å². The van der Waals surface area contributed by atoms with Crippen LogP contribution in [0.3, 0.4) is 0 Å². The Labute approximate surface area is 101 Å². The summed E-state index contributed by atoms with van der Waals surface area (Å²) >= 11 is 0. The van der Waals surface area contributed by atoms with Crippen LogP contribution >= 0.6 is 0 Å². The van der Waals surface area contributed by atoms with E-state index in [4.69, 9.17) is 0 Å². The molecule has 1 aliphatic heterocycles. The van der Waals surface area contributed by atoms with E-state index in [0.717, 1.165) is 18.4 Å². The minimum absolute atomic E-state index is 0.334. The number of hydrogen-bond donors (Lipinski definition) is 0. The van der Waals surface area contributed by atoms with Crippen LogP contribution in [0, 0.1) is 0 Å². The van der Waals surface area contributed by atoms with Gasteiger partial charge in [-0.2, -0.15) is 8.42 Å². The maximum atomic E-state index is 11.9. The summed E-state index contributed by atoms with van der Waals surface area (Å²) in [6, 6.07) is 7.47. The Balaban J connectivity index is 2.07. The zero-order chi connectivity index (χ0) is 12.0. The molecule has 4 nitrogen and oxygen atoms in total. The lowest BCUT2D eigenvalue weighted by Crippen LogP contribution is -2.41. The molecule has 2 aliphatic rings. The van der Waals surface area contributed by atoms with Gasteiger partial charge in [-0.1, -0.05) is 12.1 Å². The first kappa shape index (κ1) is 10.8. The smallest absolute Gasteiger partial charge is 0.285 e. The lowest BCUT2D eigenvalue weighted by atomic mass is 9.91. The van der Waals surface area contributed by atoms with Crippen LogP contribution in [0.1, 0.15) is 24.8 Å². The largest absolute Gasteiger partial charge is 0.355 e. The Bertz CT molecular complexity index is 588. The number of nitrogens with zero attached hydrogens (tertiary/aromatic N) is 2. The zero-order valence-electron chi connectivity index (χ0n) is 9.63. The van der Waals surface area contributed by atoms with Gasteiger partial charge in [-0.25, -0.2) is 0 Å². The van der Waals surface area contributed by atoms with Gasteiger partial charge in [-0.15, -0.1) is 4.40 Å². The third-order valence-corrected chi connectivity index (χ3v) is 4.89. The summed E-state index contributed by atoms with van der Waals surface area (Å²) < 4.78 is 27.7. The minimum Gasteiger partial charge on any atom is -0.355 e. The average Bonchev–Trinajstić information content (AvgIpc) is 2.49. The predicted molar refractivity (Wildman–Crippen MR) is 65.6 cm³/mol. The molecule has 17 heavy (non-hydrogen) atoms. The van der Waals surface area contributed by atoms with E-state index in [1.165, 1.54) is 6.42 Å². The van der Waals surface area contributed by atoms with Crippen LogP contribution in [0.15, 0.2) is 33.6 Å². The number of sulfonamides is 1. The molecule has 3 rings (SSSR count). The van der Waals surface area contributed by atoms with Crippen LogP contribution in [0.25, 0.3) is 0 Å². The first-order chi connectivity index (χ1) is 8.09. The van der Waals surface area contributed by atoms with Gasteiger partial charge in [0.25, 0.3) is 10.0 Å². The van der Waals surface area contributed by atoms with Crippen molar-refractivity contribution in [2.24, 2.45) is 4.40 Å². The molecule has 0 amide bonds. The van der Waals surface area contributed by atoms with E-state index in [9.17, 15) is 8.42 Å². The number of amidine groups is 1. The van der Waals surface area contributed by atoms with E-state index < -0.39 is 10.0 Å². The van der Waals surface area contributed by atoms with Gasteiger partial charge in [-0.3, -0.25) is 0 Å². The lowest BCUT2D eigenvalue weighted by molar-refractivity contribution is 0.241. The van der Waals surface area contributed by atoms with E-state index in [0.29, 0.717) is 16.8 Å². The summed E-state index contributed by atoms with van der Waals surface area (Å²) in [7, 11) is -1.54. The van der Waals surface area contributed by atoms with Gasteiger partial charge >= 0.3 is 0 Å². The maximum absolute atomic E-state index is 11.9. The van der Waals surface area contributed by atoms with Gasteiger partial charge in [0.2, 0.25) is 0 Å². The molecule has 0 aromatic heterocycles. The number of hydrogen-bond acceptors (Lipinski definition) is 3. The molecule has 5 heteroatoms. The molecule has 1 heterocycles. The normalized spacial score (nSPS) is 21.6. The molecule has 1 saturated carbocycles. The second kappa shape index (κ2) is 3.57. The standard InChI is InChI=1S/C12H14N2O2S/c1-14(9-5-4-6-9)12-10-7-2-3-8-11(10)17(15,16)13-12/h2-3,7-9H,4-6H2,1H3. The van der Waals surface area contributed by atoms with Crippen molar-refractivity contribution in [2.75, 3.05) is 7.05 Å². The first-order valence-electron chi connectivity index (χ1n) is 5.77. The monoisotopic (exact) mass is 250 g/mol. The van der Waals surface area contributed by atoms with Crippen LogP contribution in [0.4, 0.5) is 0 Å². The highest BCUT2D eigenvalue weighted by Crippen LogP contribution is 2.31. The van der Waals surface area contributed by atoms with E-state index in [1.54, 1.807) is 12.1 Å². The highest BCUT2D eigenvalue weighted by atomic mass is 32.2. The molecule has 0 spiro atoms. The van der Waals surface area contributed by atoms with Gasteiger partial charge < -0.3 is 4.90 Å². The average molecular weight is 250 g/mol. The molecule has 0 N–H and O–H groups in total. The fourth-order valence-corrected chi connectivity index (χ4v) is 3.53. The maximum Gasteiger partial charge on any atom is 0.285 e. The van der Waals surface area contributed by atoms with Crippen molar-refractivity contribution in [1.29, 1.82) is 0 Å². The van der Waals surface area contributed by atoms with Gasteiger partial charge in [0.05, 0.1) is 0 Å². The Morgan fingerprint density at radius 3 is 2.65 bits per heavy atom. The van der Waals surface area contributed by atoms with Gasteiger partial charge in [-0.05, 0) is 31.4 Å². The molecular weight excluding hydrogens is 236 g/mol. The Hall–Kier alpha value is -1.36. The van der Waals surface area contributed by atoms with E-state index in [1.807, 2.05) is 24.1 Å². The molecule has 0 radical (unpaired) electrons. The predicted octanol–water partition coefficient (Wildman–Crippen LogP) is 1.62. The summed E-state index contributed by atoms with van der Waals surface area (Å²) in [5.74, 6) is 0.602. The topological polar surface area (TPSA) is 49.7 Å². The second-order valence-corrected chi connectivity index (χ2v) is 6.15. The summed E-state index contributed by atoms with van der Waals surface area (Å²) in [6.07, 6.45) is 3.46. The number of benzene rings is 1. The summed E-state index contributed by atoms with van der Waals surface area (Å²) in [6.45, 7) is 0. The lowest BCUT2D eigenvalue weighted by Gasteiger charge is -2.35. The van der Waals surface area contributed by atoms with Crippen LogP contribution in [0.5, 0.6) is 0 Å². The fourth-order valence-electron chi connectivity index (χ4n) is 2.29. The van der Waals surface area contributed by atoms with Crippen molar-refractivity contribution < 1.29 is 8.42 Å². The molecule has 0 saturated heterocycles. The van der Waals surface area contributed by atoms with Crippen molar-refractivity contribution in [2.45, 2.75) is 30.2 Å². The Morgan fingerprint density at radius 1 is 1.29 bits per heavy atom. The molecule has 0 bridgehead atoms. The number of rotatable bonds is 1. The molecule has 1 aromatic carbocycles. The molecule has 90 valence electrons. The third kappa shape index (κ3) is 1.57. The quantitative estimate of drug-likeness (QED) is 0.761. The minimum atomic E-state index is -3.47. The van der Waals surface area contributed by atoms with Gasteiger partial charge in [0, 0.05) is 18.7 Å². The van der Waals surface area contributed by atoms with Crippen LogP contribution < -0.4 is 0 Å². The van der Waals surface area contributed by atoms with E-state index >= 15 is 0 Å². The molecule has 1 aromatic rings. The molecule has 0 atom stereocenters. The van der Waals surface area contributed by atoms with Gasteiger partial charge in [0.1, 0.15) is 4.90 Å². The van der Waals surface area contributed by atoms with Crippen LogP contribution in [-0.4, -0.2) is 32.2 Å². The summed E-state index contributed by atoms with van der Waals surface area (Å²) in [5, 5.41) is 0. The van der Waals surface area contributed by atoms with Crippen molar-refractivity contribution in [3.63, 3.8) is 0 Å². The Kier molecular flexibility index (Phi) is 2.26. The zero-order valence-corrected chi connectivity index (χ0v) is 10.4. The van der Waals surface area contributed by atoms with Gasteiger partial charge in [0.15, 0.2) is 5.84 Å². The molecular formula is C12H14N2O2S. The summed E-state index contributed by atoms with van der Waals surface area (Å²) in [4.78, 5) is 2.34. The highest BCUT2D eigenvalue weighted by molar-refractivity contribution is 7.90. The Morgan fingerprint density at radius 2 is 2.00 bits per heavy atom. The SMILES string of the molecule is CN(C1=NS(=O)(=O)c2ccccc21)C1CCC1. The summed E-state index contributed by atoms with van der Waals surface area (Å²) in [5.41, 5.74) is 0.738. The molecule has 1 aliphatic carbocycles.